The molecular formula is C12H15N3O4S. The molecule has 8 heteroatoms. The number of anilines is 1. The molecule has 1 aromatic rings. The van der Waals surface area contributed by atoms with Crippen molar-refractivity contribution < 1.29 is 14.5 Å². The van der Waals surface area contributed by atoms with E-state index >= 15 is 0 Å². The van der Waals surface area contributed by atoms with Gasteiger partial charge in [0, 0.05) is 19.2 Å². The summed E-state index contributed by atoms with van der Waals surface area (Å²) in [7, 11) is 0. The predicted octanol–water partition coefficient (Wildman–Crippen LogP) is 1.56. The second kappa shape index (κ2) is 5.58. The molecule has 0 aliphatic carbocycles. The van der Waals surface area contributed by atoms with E-state index in [-0.39, 0.29) is 23.3 Å². The highest BCUT2D eigenvalue weighted by atomic mass is 32.1. The van der Waals surface area contributed by atoms with Gasteiger partial charge in [-0.1, -0.05) is 0 Å². The number of carbonyl (C=O) groups excluding carboxylic acids is 2. The van der Waals surface area contributed by atoms with Crippen LogP contribution in [0.5, 0.6) is 0 Å². The highest BCUT2D eigenvalue weighted by Gasteiger charge is 2.30. The maximum absolute atomic E-state index is 11.4. The standard InChI is InChI=1S/C12H15N3O4S/c1-7(16)10-5-9(15(18)19)12(20-10)14-4-2-3-8(6-14)11(13)17/h5,8H,2-4,6H2,1H3,(H2,13,17). The van der Waals surface area contributed by atoms with Gasteiger partial charge in [0.2, 0.25) is 5.91 Å². The summed E-state index contributed by atoms with van der Waals surface area (Å²) in [6.07, 6.45) is 1.45. The Morgan fingerprint density at radius 1 is 1.55 bits per heavy atom. The molecule has 1 saturated heterocycles. The van der Waals surface area contributed by atoms with Crippen molar-refractivity contribution in [1.29, 1.82) is 0 Å². The largest absolute Gasteiger partial charge is 0.369 e. The van der Waals surface area contributed by atoms with Crippen LogP contribution >= 0.6 is 11.3 Å². The fourth-order valence-electron chi connectivity index (χ4n) is 2.30. The molecule has 1 fully saturated rings. The molecular weight excluding hydrogens is 282 g/mol. The third kappa shape index (κ3) is 2.79. The van der Waals surface area contributed by atoms with Gasteiger partial charge in [-0.3, -0.25) is 19.7 Å². The molecule has 7 nitrogen and oxygen atoms in total. The molecule has 2 rings (SSSR count). The summed E-state index contributed by atoms with van der Waals surface area (Å²) in [5, 5.41) is 11.5. The summed E-state index contributed by atoms with van der Waals surface area (Å²) in [6.45, 7) is 2.37. The van der Waals surface area contributed by atoms with Crippen LogP contribution in [0.2, 0.25) is 0 Å². The van der Waals surface area contributed by atoms with Crippen molar-refractivity contribution in [1.82, 2.24) is 0 Å². The minimum atomic E-state index is -0.494. The molecule has 0 bridgehead atoms. The number of thiophene rings is 1. The molecule has 20 heavy (non-hydrogen) atoms. The van der Waals surface area contributed by atoms with E-state index in [1.807, 2.05) is 0 Å². The van der Waals surface area contributed by atoms with Gasteiger partial charge in [-0.15, -0.1) is 11.3 Å². The summed E-state index contributed by atoms with van der Waals surface area (Å²) in [5.41, 5.74) is 5.23. The summed E-state index contributed by atoms with van der Waals surface area (Å²) < 4.78 is 0. The number of primary amides is 1. The van der Waals surface area contributed by atoms with Crippen molar-refractivity contribution in [2.45, 2.75) is 19.8 Å². The highest BCUT2D eigenvalue weighted by Crippen LogP contribution is 2.39. The molecule has 2 heterocycles. The van der Waals surface area contributed by atoms with Gasteiger partial charge in [-0.2, -0.15) is 0 Å². The van der Waals surface area contributed by atoms with Crippen molar-refractivity contribution in [2.75, 3.05) is 18.0 Å². The van der Waals surface area contributed by atoms with Crippen LogP contribution in [0, 0.1) is 16.0 Å². The fraction of sp³-hybridized carbons (Fsp3) is 0.500. The molecule has 0 saturated carbocycles. The first-order valence-corrected chi connectivity index (χ1v) is 7.05. The molecule has 108 valence electrons. The molecule has 1 unspecified atom stereocenters. The minimum Gasteiger partial charge on any atom is -0.369 e. The van der Waals surface area contributed by atoms with Crippen LogP contribution in [0.15, 0.2) is 6.07 Å². The van der Waals surface area contributed by atoms with Gasteiger partial charge >= 0.3 is 5.69 Å². The summed E-state index contributed by atoms with van der Waals surface area (Å²) in [6, 6.07) is 1.30. The maximum atomic E-state index is 11.4. The number of ketones is 1. The average Bonchev–Trinajstić information content (AvgIpc) is 2.84. The molecule has 1 amide bonds. The Labute approximate surface area is 119 Å². The first-order chi connectivity index (χ1) is 9.40. The quantitative estimate of drug-likeness (QED) is 0.515. The number of nitro groups is 1. The van der Waals surface area contributed by atoms with E-state index in [0.717, 1.165) is 17.8 Å². The van der Waals surface area contributed by atoms with Crippen LogP contribution in [0.4, 0.5) is 10.7 Å². The van der Waals surface area contributed by atoms with Crippen molar-refractivity contribution in [3.63, 3.8) is 0 Å². The maximum Gasteiger partial charge on any atom is 0.304 e. The normalized spacial score (nSPS) is 18.9. The Bertz CT molecular complexity index is 569. The molecule has 0 radical (unpaired) electrons. The summed E-state index contributed by atoms with van der Waals surface area (Å²) in [4.78, 5) is 35.4. The summed E-state index contributed by atoms with van der Waals surface area (Å²) >= 11 is 1.10. The lowest BCUT2D eigenvalue weighted by molar-refractivity contribution is -0.383. The van der Waals surface area contributed by atoms with E-state index in [2.05, 4.69) is 0 Å². The zero-order valence-corrected chi connectivity index (χ0v) is 11.8. The Balaban J connectivity index is 2.33. The molecule has 1 aliphatic rings. The van der Waals surface area contributed by atoms with E-state index in [0.29, 0.717) is 29.4 Å². The number of nitrogens with two attached hydrogens (primary N) is 1. The fourth-order valence-corrected chi connectivity index (χ4v) is 3.35. The smallest absolute Gasteiger partial charge is 0.304 e. The number of hydrogen-bond donors (Lipinski definition) is 1. The second-order valence-corrected chi connectivity index (χ2v) is 5.83. The molecule has 1 atom stereocenters. The zero-order chi connectivity index (χ0) is 14.9. The number of piperidine rings is 1. The average molecular weight is 297 g/mol. The van der Waals surface area contributed by atoms with Crippen molar-refractivity contribution in [2.24, 2.45) is 11.7 Å². The monoisotopic (exact) mass is 297 g/mol. The Kier molecular flexibility index (Phi) is 4.03. The molecule has 0 spiro atoms. The number of amides is 1. The van der Waals surface area contributed by atoms with Gasteiger partial charge in [-0.05, 0) is 19.8 Å². The van der Waals surface area contributed by atoms with E-state index in [1.54, 1.807) is 4.90 Å². The third-order valence-electron chi connectivity index (χ3n) is 3.35. The van der Waals surface area contributed by atoms with Gasteiger partial charge in [0.05, 0.1) is 15.7 Å². The lowest BCUT2D eigenvalue weighted by Crippen LogP contribution is -2.41. The molecule has 1 aromatic heterocycles. The number of Topliss-reactive ketones (excluding diaryl/α,β-unsaturated/α-hetero) is 1. The Morgan fingerprint density at radius 3 is 2.80 bits per heavy atom. The van der Waals surface area contributed by atoms with E-state index in [1.165, 1.54) is 13.0 Å². The van der Waals surface area contributed by atoms with Crippen LogP contribution < -0.4 is 10.6 Å². The van der Waals surface area contributed by atoms with Crippen LogP contribution in [0.25, 0.3) is 0 Å². The first-order valence-electron chi connectivity index (χ1n) is 6.23. The highest BCUT2D eigenvalue weighted by molar-refractivity contribution is 7.18. The van der Waals surface area contributed by atoms with Gasteiger partial charge < -0.3 is 10.6 Å². The first kappa shape index (κ1) is 14.4. The predicted molar refractivity (Wildman–Crippen MR) is 75.1 cm³/mol. The van der Waals surface area contributed by atoms with Crippen LogP contribution in [0.1, 0.15) is 29.4 Å². The van der Waals surface area contributed by atoms with E-state index in [9.17, 15) is 19.7 Å². The van der Waals surface area contributed by atoms with Crippen molar-refractivity contribution >= 4 is 33.7 Å². The van der Waals surface area contributed by atoms with Gasteiger partial charge in [-0.25, -0.2) is 0 Å². The van der Waals surface area contributed by atoms with Gasteiger partial charge in [0.1, 0.15) is 0 Å². The summed E-state index contributed by atoms with van der Waals surface area (Å²) in [5.74, 6) is -0.889. The number of hydrogen-bond acceptors (Lipinski definition) is 6. The minimum absolute atomic E-state index is 0.0784. The molecule has 0 aromatic carbocycles. The topological polar surface area (TPSA) is 107 Å². The lowest BCUT2D eigenvalue weighted by atomic mass is 9.98. The van der Waals surface area contributed by atoms with Gasteiger partial charge in [0.15, 0.2) is 10.8 Å². The van der Waals surface area contributed by atoms with Crippen molar-refractivity contribution in [3.05, 3.63) is 21.1 Å². The van der Waals surface area contributed by atoms with E-state index in [4.69, 9.17) is 5.73 Å². The zero-order valence-electron chi connectivity index (χ0n) is 11.0. The SMILES string of the molecule is CC(=O)c1cc([N+](=O)[O-])c(N2CCCC(C(N)=O)C2)s1. The van der Waals surface area contributed by atoms with Crippen LogP contribution in [-0.4, -0.2) is 29.7 Å². The van der Waals surface area contributed by atoms with Gasteiger partial charge in [0.25, 0.3) is 0 Å². The Morgan fingerprint density at radius 2 is 2.25 bits per heavy atom. The van der Waals surface area contributed by atoms with Crippen LogP contribution in [-0.2, 0) is 4.79 Å². The lowest BCUT2D eigenvalue weighted by Gasteiger charge is -2.31. The van der Waals surface area contributed by atoms with Crippen molar-refractivity contribution in [3.8, 4) is 0 Å². The molecule has 1 aliphatic heterocycles. The second-order valence-electron chi connectivity index (χ2n) is 4.80. The number of carbonyl (C=O) groups is 2. The van der Waals surface area contributed by atoms with E-state index < -0.39 is 4.92 Å². The van der Waals surface area contributed by atoms with Crippen LogP contribution in [0.3, 0.4) is 0 Å². The third-order valence-corrected chi connectivity index (χ3v) is 4.63. The Hall–Kier alpha value is -1.96. The number of nitrogens with zero attached hydrogens (tertiary/aromatic N) is 2. The number of rotatable bonds is 4. The molecule has 2 N–H and O–H groups in total.